The van der Waals surface area contributed by atoms with Gasteiger partial charge >= 0.3 is 0 Å². The van der Waals surface area contributed by atoms with Gasteiger partial charge in [-0.2, -0.15) is 0 Å². The van der Waals surface area contributed by atoms with Crippen LogP contribution in [0.4, 0.5) is 0 Å². The maximum atomic E-state index is 6.37. The van der Waals surface area contributed by atoms with E-state index in [0.29, 0.717) is 6.04 Å². The topological polar surface area (TPSA) is 17.8 Å². The number of para-hydroxylation sites is 1. The molecule has 0 spiro atoms. The Balaban J connectivity index is 2.14. The number of rotatable bonds is 4. The molecule has 0 bridgehead atoms. The number of benzene rings is 1. The Morgan fingerprint density at radius 1 is 1.37 bits per heavy atom. The quantitative estimate of drug-likeness (QED) is 0.695. The predicted octanol–water partition coefficient (Wildman–Crippen LogP) is 5.35. The molecule has 1 saturated carbocycles. The zero-order valence-electron chi connectivity index (χ0n) is 11.2. The maximum Gasteiger partial charge on any atom is 0.128 e. The first-order valence-electron chi connectivity index (χ1n) is 6.88. The van der Waals surface area contributed by atoms with Gasteiger partial charge in [0.25, 0.3) is 0 Å². The van der Waals surface area contributed by atoms with Crippen LogP contribution >= 0.6 is 23.2 Å². The van der Waals surface area contributed by atoms with Crippen molar-refractivity contribution < 1.29 is 0 Å². The SMILES string of the molecule is CC(Cl)c1nc2cccc(Cl)c2n1C(C)CC1CC1. The number of aromatic nitrogens is 2. The monoisotopic (exact) mass is 296 g/mol. The zero-order chi connectivity index (χ0) is 13.6. The van der Waals surface area contributed by atoms with Gasteiger partial charge in [0.05, 0.1) is 21.4 Å². The Kier molecular flexibility index (Phi) is 3.48. The van der Waals surface area contributed by atoms with Gasteiger partial charge in [-0.3, -0.25) is 0 Å². The summed E-state index contributed by atoms with van der Waals surface area (Å²) in [5, 5.41) is 0.654. The molecule has 102 valence electrons. The van der Waals surface area contributed by atoms with Crippen LogP contribution < -0.4 is 0 Å². The van der Waals surface area contributed by atoms with Gasteiger partial charge in [0.2, 0.25) is 0 Å². The summed E-state index contributed by atoms with van der Waals surface area (Å²) in [6.07, 6.45) is 3.90. The van der Waals surface area contributed by atoms with E-state index in [-0.39, 0.29) is 5.38 Å². The Bertz CT molecular complexity index is 599. The lowest BCUT2D eigenvalue weighted by Gasteiger charge is -2.19. The molecular formula is C15H18Cl2N2. The molecule has 19 heavy (non-hydrogen) atoms. The number of halogens is 2. The van der Waals surface area contributed by atoms with E-state index >= 15 is 0 Å². The molecular weight excluding hydrogens is 279 g/mol. The largest absolute Gasteiger partial charge is 0.323 e. The van der Waals surface area contributed by atoms with Gasteiger partial charge in [0, 0.05) is 6.04 Å². The normalized spacial score (nSPS) is 18.7. The molecule has 1 aromatic carbocycles. The molecule has 1 aromatic heterocycles. The molecule has 0 aliphatic heterocycles. The number of imidazole rings is 1. The molecule has 0 radical (unpaired) electrons. The fraction of sp³-hybridized carbons (Fsp3) is 0.533. The summed E-state index contributed by atoms with van der Waals surface area (Å²) in [5.74, 6) is 1.80. The second kappa shape index (κ2) is 4.99. The van der Waals surface area contributed by atoms with Crippen molar-refractivity contribution in [2.24, 2.45) is 5.92 Å². The predicted molar refractivity (Wildman–Crippen MR) is 81.1 cm³/mol. The van der Waals surface area contributed by atoms with Crippen molar-refractivity contribution in [2.45, 2.75) is 44.5 Å². The van der Waals surface area contributed by atoms with Crippen LogP contribution in [-0.2, 0) is 0 Å². The Morgan fingerprint density at radius 2 is 2.11 bits per heavy atom. The molecule has 1 aliphatic rings. The van der Waals surface area contributed by atoms with Crippen molar-refractivity contribution in [3.05, 3.63) is 29.0 Å². The van der Waals surface area contributed by atoms with Crippen molar-refractivity contribution in [1.82, 2.24) is 9.55 Å². The highest BCUT2D eigenvalue weighted by atomic mass is 35.5. The van der Waals surface area contributed by atoms with Crippen molar-refractivity contribution in [3.8, 4) is 0 Å². The Hall–Kier alpha value is -0.730. The van der Waals surface area contributed by atoms with Crippen LogP contribution in [-0.4, -0.2) is 9.55 Å². The Morgan fingerprint density at radius 3 is 2.74 bits per heavy atom. The average molecular weight is 297 g/mol. The molecule has 0 saturated heterocycles. The van der Waals surface area contributed by atoms with Crippen molar-refractivity contribution in [2.75, 3.05) is 0 Å². The molecule has 1 heterocycles. The van der Waals surface area contributed by atoms with E-state index in [0.717, 1.165) is 27.8 Å². The zero-order valence-corrected chi connectivity index (χ0v) is 12.7. The van der Waals surface area contributed by atoms with E-state index in [2.05, 4.69) is 16.5 Å². The highest BCUT2D eigenvalue weighted by molar-refractivity contribution is 6.35. The van der Waals surface area contributed by atoms with Gasteiger partial charge in [-0.1, -0.05) is 30.5 Å². The Labute approximate surface area is 123 Å². The van der Waals surface area contributed by atoms with Crippen molar-refractivity contribution in [1.29, 1.82) is 0 Å². The van der Waals surface area contributed by atoms with E-state index in [1.165, 1.54) is 19.3 Å². The second-order valence-electron chi connectivity index (χ2n) is 5.59. The van der Waals surface area contributed by atoms with Crippen molar-refractivity contribution in [3.63, 3.8) is 0 Å². The maximum absolute atomic E-state index is 6.37. The molecule has 4 heteroatoms. The number of hydrogen-bond donors (Lipinski definition) is 0. The van der Waals surface area contributed by atoms with E-state index in [1.54, 1.807) is 0 Å². The van der Waals surface area contributed by atoms with E-state index in [4.69, 9.17) is 23.2 Å². The third-order valence-corrected chi connectivity index (χ3v) is 4.36. The van der Waals surface area contributed by atoms with Crippen LogP contribution in [0.15, 0.2) is 18.2 Å². The van der Waals surface area contributed by atoms with Gasteiger partial charge in [-0.05, 0) is 38.3 Å². The molecule has 2 nitrogen and oxygen atoms in total. The third-order valence-electron chi connectivity index (χ3n) is 3.86. The number of fused-ring (bicyclic) bond motifs is 1. The standard InChI is InChI=1S/C15H18Cl2N2/c1-9(8-11-6-7-11)19-14-12(17)4-3-5-13(14)18-15(19)10(2)16/h3-5,9-11H,6-8H2,1-2H3. The summed E-state index contributed by atoms with van der Waals surface area (Å²) in [7, 11) is 0. The van der Waals surface area contributed by atoms with Crippen molar-refractivity contribution >= 4 is 34.2 Å². The van der Waals surface area contributed by atoms with Gasteiger partial charge in [-0.25, -0.2) is 4.98 Å². The summed E-state index contributed by atoms with van der Waals surface area (Å²) in [6, 6.07) is 6.27. The molecule has 1 aliphatic carbocycles. The van der Waals surface area contributed by atoms with Gasteiger partial charge in [0.1, 0.15) is 5.82 Å². The van der Waals surface area contributed by atoms with Gasteiger partial charge < -0.3 is 4.57 Å². The molecule has 0 N–H and O–H groups in total. The lowest BCUT2D eigenvalue weighted by Crippen LogP contribution is -2.10. The molecule has 0 amide bonds. The van der Waals surface area contributed by atoms with E-state index < -0.39 is 0 Å². The first-order chi connectivity index (χ1) is 9.08. The van der Waals surface area contributed by atoms with Gasteiger partial charge in [-0.15, -0.1) is 11.6 Å². The molecule has 2 unspecified atom stereocenters. The van der Waals surface area contributed by atoms with Crippen LogP contribution in [0.2, 0.25) is 5.02 Å². The highest BCUT2D eigenvalue weighted by Gasteiger charge is 2.27. The van der Waals surface area contributed by atoms with Crippen LogP contribution in [0.25, 0.3) is 11.0 Å². The smallest absolute Gasteiger partial charge is 0.128 e. The first-order valence-corrected chi connectivity index (χ1v) is 7.69. The molecule has 2 aromatic rings. The summed E-state index contributed by atoms with van der Waals surface area (Å²) in [6.45, 7) is 4.21. The number of nitrogens with zero attached hydrogens (tertiary/aromatic N) is 2. The van der Waals surface area contributed by atoms with E-state index in [9.17, 15) is 0 Å². The van der Waals surface area contributed by atoms with Gasteiger partial charge in [0.15, 0.2) is 0 Å². The molecule has 3 rings (SSSR count). The lowest BCUT2D eigenvalue weighted by atomic mass is 10.1. The summed E-state index contributed by atoms with van der Waals surface area (Å²) >= 11 is 12.7. The third kappa shape index (κ3) is 2.48. The van der Waals surface area contributed by atoms with E-state index in [1.807, 2.05) is 25.1 Å². The number of alkyl halides is 1. The lowest BCUT2D eigenvalue weighted by molar-refractivity contribution is 0.472. The average Bonchev–Trinajstić information content (AvgIpc) is 3.06. The highest BCUT2D eigenvalue weighted by Crippen LogP contribution is 2.40. The summed E-state index contributed by atoms with van der Waals surface area (Å²) in [5.41, 5.74) is 1.97. The minimum Gasteiger partial charge on any atom is -0.323 e. The summed E-state index contributed by atoms with van der Waals surface area (Å²) in [4.78, 5) is 4.67. The minimum atomic E-state index is -0.106. The molecule has 2 atom stereocenters. The second-order valence-corrected chi connectivity index (χ2v) is 6.65. The van der Waals surface area contributed by atoms with Crippen LogP contribution in [0.5, 0.6) is 0 Å². The minimum absolute atomic E-state index is 0.106. The van der Waals surface area contributed by atoms with Crippen LogP contribution in [0.3, 0.4) is 0 Å². The van der Waals surface area contributed by atoms with Crippen LogP contribution in [0.1, 0.15) is 50.4 Å². The van der Waals surface area contributed by atoms with Crippen LogP contribution in [0, 0.1) is 5.92 Å². The number of hydrogen-bond acceptors (Lipinski definition) is 1. The summed E-state index contributed by atoms with van der Waals surface area (Å²) < 4.78 is 2.24. The molecule has 1 fully saturated rings. The fourth-order valence-corrected chi connectivity index (χ4v) is 3.21. The fourth-order valence-electron chi connectivity index (χ4n) is 2.79. The first kappa shape index (κ1) is 13.3.